The van der Waals surface area contributed by atoms with Gasteiger partial charge in [-0.05, 0) is 30.2 Å². The molecule has 35 heavy (non-hydrogen) atoms. The largest absolute Gasteiger partial charge is 0.462 e. The Kier molecular flexibility index (Phi) is 6.77. The lowest BCUT2D eigenvalue weighted by Gasteiger charge is -2.43. The lowest BCUT2D eigenvalue weighted by Crippen LogP contribution is -2.61. The number of carbonyl (C=O) groups is 1. The molecule has 0 amide bonds. The SMILES string of the molecule is CCOC(=O)C1=CN(c2ccccc2)C(=S)C12N(Cc1ccccc1)CCN2Cc1ccccc1. The van der Waals surface area contributed by atoms with Gasteiger partial charge < -0.3 is 9.64 Å². The van der Waals surface area contributed by atoms with Crippen LogP contribution in [0.5, 0.6) is 0 Å². The van der Waals surface area contributed by atoms with Crippen molar-refractivity contribution < 1.29 is 9.53 Å². The average Bonchev–Trinajstić information content (AvgIpc) is 3.40. The van der Waals surface area contributed by atoms with E-state index >= 15 is 0 Å². The summed E-state index contributed by atoms with van der Waals surface area (Å²) in [5.74, 6) is -0.327. The lowest BCUT2D eigenvalue weighted by atomic mass is 9.98. The van der Waals surface area contributed by atoms with Crippen LogP contribution in [0.1, 0.15) is 18.1 Å². The van der Waals surface area contributed by atoms with Crippen LogP contribution in [-0.4, -0.2) is 46.1 Å². The Morgan fingerprint density at radius 3 is 1.80 bits per heavy atom. The van der Waals surface area contributed by atoms with Gasteiger partial charge in [-0.25, -0.2) is 4.79 Å². The second-order valence-corrected chi connectivity index (χ2v) is 9.15. The van der Waals surface area contributed by atoms with Crippen LogP contribution in [0.15, 0.2) is 103 Å². The van der Waals surface area contributed by atoms with Crippen molar-refractivity contribution >= 4 is 28.9 Å². The molecule has 178 valence electrons. The van der Waals surface area contributed by atoms with Crippen LogP contribution in [-0.2, 0) is 22.6 Å². The summed E-state index contributed by atoms with van der Waals surface area (Å²) >= 11 is 6.24. The highest BCUT2D eigenvalue weighted by Crippen LogP contribution is 2.44. The highest BCUT2D eigenvalue weighted by molar-refractivity contribution is 7.80. The predicted octanol–water partition coefficient (Wildman–Crippen LogP) is 5.00. The van der Waals surface area contributed by atoms with Gasteiger partial charge in [-0.1, -0.05) is 91.1 Å². The maximum absolute atomic E-state index is 13.5. The minimum absolute atomic E-state index is 0.307. The molecule has 1 saturated heterocycles. The molecule has 5 rings (SSSR count). The molecule has 0 atom stereocenters. The number of carbonyl (C=O) groups excluding carboxylic acids is 1. The van der Waals surface area contributed by atoms with Gasteiger partial charge in [0.25, 0.3) is 0 Å². The Hall–Kier alpha value is -3.32. The second kappa shape index (κ2) is 10.1. The molecular formula is C29H29N3O2S. The van der Waals surface area contributed by atoms with Crippen molar-refractivity contribution in [1.82, 2.24) is 9.80 Å². The van der Waals surface area contributed by atoms with Gasteiger partial charge in [-0.3, -0.25) is 9.80 Å². The Labute approximate surface area is 212 Å². The summed E-state index contributed by atoms with van der Waals surface area (Å²) in [6.45, 7) is 5.05. The number of esters is 1. The first-order valence-corrected chi connectivity index (χ1v) is 12.4. The molecule has 5 nitrogen and oxygen atoms in total. The maximum Gasteiger partial charge on any atom is 0.339 e. The van der Waals surface area contributed by atoms with E-state index in [4.69, 9.17) is 17.0 Å². The molecule has 0 N–H and O–H groups in total. The van der Waals surface area contributed by atoms with Crippen LogP contribution in [0.2, 0.25) is 0 Å². The molecule has 6 heteroatoms. The third-order valence-electron chi connectivity index (χ3n) is 6.67. The Morgan fingerprint density at radius 2 is 1.31 bits per heavy atom. The zero-order valence-electron chi connectivity index (χ0n) is 19.8. The van der Waals surface area contributed by atoms with E-state index in [-0.39, 0.29) is 5.97 Å². The minimum atomic E-state index is -0.886. The fourth-order valence-corrected chi connectivity index (χ4v) is 5.64. The molecule has 2 aliphatic heterocycles. The van der Waals surface area contributed by atoms with E-state index in [9.17, 15) is 4.79 Å². The number of thiocarbonyl (C=S) groups is 1. The fourth-order valence-electron chi connectivity index (χ4n) is 5.12. The standard InChI is InChI=1S/C29H29N3O2S/c1-2-34-27(33)26-22-32(25-16-10-5-11-17-25)28(35)29(26)30(20-23-12-6-3-7-13-23)18-19-31(29)21-24-14-8-4-9-15-24/h3-17,22H,2,18-21H2,1H3. The van der Waals surface area contributed by atoms with Crippen LogP contribution in [0, 0.1) is 0 Å². The Bertz CT molecular complexity index is 1160. The van der Waals surface area contributed by atoms with Crippen LogP contribution in [0.3, 0.4) is 0 Å². The van der Waals surface area contributed by atoms with Gasteiger partial charge in [0.2, 0.25) is 0 Å². The van der Waals surface area contributed by atoms with E-state index in [0.29, 0.717) is 30.3 Å². The Balaban J connectivity index is 1.63. The number of hydrogen-bond acceptors (Lipinski definition) is 5. The van der Waals surface area contributed by atoms with Crippen molar-refractivity contribution in [1.29, 1.82) is 0 Å². The summed E-state index contributed by atoms with van der Waals surface area (Å²) in [6.07, 6.45) is 1.89. The highest BCUT2D eigenvalue weighted by Gasteiger charge is 2.60. The number of benzene rings is 3. The van der Waals surface area contributed by atoms with Gasteiger partial charge >= 0.3 is 5.97 Å². The van der Waals surface area contributed by atoms with Crippen molar-refractivity contribution in [2.45, 2.75) is 25.7 Å². The van der Waals surface area contributed by atoms with Gasteiger partial charge in [0, 0.05) is 38.1 Å². The molecule has 3 aromatic rings. The van der Waals surface area contributed by atoms with E-state index in [1.165, 1.54) is 11.1 Å². The lowest BCUT2D eigenvalue weighted by molar-refractivity contribution is -0.140. The van der Waals surface area contributed by atoms with E-state index < -0.39 is 5.66 Å². The normalized spacial score (nSPS) is 17.7. The smallest absolute Gasteiger partial charge is 0.339 e. The molecule has 3 aromatic carbocycles. The third kappa shape index (κ3) is 4.29. The van der Waals surface area contributed by atoms with Crippen LogP contribution >= 0.6 is 12.2 Å². The van der Waals surface area contributed by atoms with E-state index in [1.807, 2.05) is 84.8 Å². The molecule has 2 heterocycles. The summed E-state index contributed by atoms with van der Waals surface area (Å²) < 4.78 is 5.60. The van der Waals surface area contributed by atoms with Crippen molar-refractivity contribution in [3.8, 4) is 0 Å². The van der Waals surface area contributed by atoms with Gasteiger partial charge in [-0.2, -0.15) is 0 Å². The average molecular weight is 484 g/mol. The summed E-state index contributed by atoms with van der Waals surface area (Å²) in [5.41, 5.74) is 2.97. The zero-order chi connectivity index (χ0) is 24.3. The number of anilines is 1. The predicted molar refractivity (Wildman–Crippen MR) is 143 cm³/mol. The van der Waals surface area contributed by atoms with Crippen LogP contribution in [0.4, 0.5) is 5.69 Å². The summed E-state index contributed by atoms with van der Waals surface area (Å²) in [4.78, 5) is 20.8. The zero-order valence-corrected chi connectivity index (χ0v) is 20.7. The first-order chi connectivity index (χ1) is 17.1. The van der Waals surface area contributed by atoms with Crippen molar-refractivity contribution in [2.24, 2.45) is 0 Å². The molecule has 0 aromatic heterocycles. The molecule has 0 unspecified atom stereocenters. The number of para-hydroxylation sites is 1. The molecular weight excluding hydrogens is 454 g/mol. The quantitative estimate of drug-likeness (QED) is 0.348. The number of hydrogen-bond donors (Lipinski definition) is 0. The molecule has 0 saturated carbocycles. The van der Waals surface area contributed by atoms with E-state index in [1.54, 1.807) is 0 Å². The maximum atomic E-state index is 13.5. The van der Waals surface area contributed by atoms with Crippen LogP contribution in [0.25, 0.3) is 0 Å². The summed E-state index contributed by atoms with van der Waals surface area (Å²) in [5, 5.41) is 0. The topological polar surface area (TPSA) is 36.0 Å². The molecule has 2 aliphatic rings. The summed E-state index contributed by atoms with van der Waals surface area (Å²) in [7, 11) is 0. The second-order valence-electron chi connectivity index (χ2n) is 8.76. The minimum Gasteiger partial charge on any atom is -0.462 e. The van der Waals surface area contributed by atoms with Gasteiger partial charge in [0.05, 0.1) is 12.2 Å². The fraction of sp³-hybridized carbons (Fsp3) is 0.241. The van der Waals surface area contributed by atoms with E-state index in [2.05, 4.69) is 34.1 Å². The van der Waals surface area contributed by atoms with Crippen molar-refractivity contribution in [3.63, 3.8) is 0 Å². The summed E-state index contributed by atoms with van der Waals surface area (Å²) in [6, 6.07) is 30.7. The number of nitrogens with zero attached hydrogens (tertiary/aromatic N) is 3. The van der Waals surface area contributed by atoms with Crippen molar-refractivity contribution in [3.05, 3.63) is 114 Å². The number of rotatable bonds is 7. The molecule has 1 fully saturated rings. The monoisotopic (exact) mass is 483 g/mol. The molecule has 0 radical (unpaired) electrons. The Morgan fingerprint density at radius 1 is 0.829 bits per heavy atom. The first kappa shape index (κ1) is 23.4. The molecule has 1 spiro atoms. The molecule has 0 aliphatic carbocycles. The number of ether oxygens (including phenoxy) is 1. The van der Waals surface area contributed by atoms with Crippen LogP contribution < -0.4 is 4.90 Å². The molecule has 0 bridgehead atoms. The van der Waals surface area contributed by atoms with Gasteiger partial charge in [0.1, 0.15) is 4.99 Å². The van der Waals surface area contributed by atoms with Crippen molar-refractivity contribution in [2.75, 3.05) is 24.6 Å². The van der Waals surface area contributed by atoms with Gasteiger partial charge in [0.15, 0.2) is 5.66 Å². The first-order valence-electron chi connectivity index (χ1n) is 12.0. The van der Waals surface area contributed by atoms with Gasteiger partial charge in [-0.15, -0.1) is 0 Å². The van der Waals surface area contributed by atoms with E-state index in [0.717, 1.165) is 18.8 Å². The highest BCUT2D eigenvalue weighted by atomic mass is 32.1. The third-order valence-corrected chi connectivity index (χ3v) is 7.15.